The molecule has 0 aromatic rings. The zero-order chi connectivity index (χ0) is 23.5. The summed E-state index contributed by atoms with van der Waals surface area (Å²) in [6, 6.07) is 0. The van der Waals surface area contributed by atoms with E-state index in [1.54, 1.807) is 0 Å². The third kappa shape index (κ3) is 2.78. The van der Waals surface area contributed by atoms with Crippen molar-refractivity contribution in [1.29, 1.82) is 0 Å². The molecule has 2 nitrogen and oxygen atoms in total. The van der Waals surface area contributed by atoms with E-state index in [0.717, 1.165) is 24.7 Å². The second kappa shape index (κ2) is 6.77. The highest BCUT2D eigenvalue weighted by molar-refractivity contribution is 5.19. The van der Waals surface area contributed by atoms with Crippen LogP contribution in [0.3, 0.4) is 0 Å². The van der Waals surface area contributed by atoms with Crippen LogP contribution in [0.2, 0.25) is 0 Å². The van der Waals surface area contributed by atoms with Gasteiger partial charge in [-0.2, -0.15) is 0 Å². The summed E-state index contributed by atoms with van der Waals surface area (Å²) in [5.74, 6) is 2.82. The highest BCUT2D eigenvalue weighted by Gasteiger charge is 2.70. The van der Waals surface area contributed by atoms with Gasteiger partial charge in [-0.15, -0.1) is 0 Å². The van der Waals surface area contributed by atoms with Crippen molar-refractivity contribution in [3.05, 3.63) is 0 Å². The first-order chi connectivity index (χ1) is 14.6. The molecule has 0 saturated heterocycles. The predicted molar refractivity (Wildman–Crippen MR) is 132 cm³/mol. The van der Waals surface area contributed by atoms with Gasteiger partial charge in [0.05, 0.1) is 12.2 Å². The van der Waals surface area contributed by atoms with Crippen LogP contribution >= 0.6 is 0 Å². The fraction of sp³-hybridized carbons (Fsp3) is 1.00. The monoisotopic (exact) mass is 444 g/mol. The molecule has 0 heterocycles. The maximum Gasteiger partial charge on any atom is 0.0601 e. The topological polar surface area (TPSA) is 40.5 Å². The smallest absolute Gasteiger partial charge is 0.0601 e. The van der Waals surface area contributed by atoms with Crippen LogP contribution in [0.1, 0.15) is 120 Å². The van der Waals surface area contributed by atoms with Gasteiger partial charge in [-0.05, 0) is 120 Å². The second-order valence-corrected chi connectivity index (χ2v) is 15.7. The molecule has 0 aromatic carbocycles. The summed E-state index contributed by atoms with van der Waals surface area (Å²) in [6.45, 7) is 19.9. The highest BCUT2D eigenvalue weighted by atomic mass is 16.3. The summed E-state index contributed by atoms with van der Waals surface area (Å²) in [5.41, 5.74) is 1.52. The van der Waals surface area contributed by atoms with Crippen molar-refractivity contribution in [3.63, 3.8) is 0 Å². The van der Waals surface area contributed by atoms with E-state index in [2.05, 4.69) is 55.4 Å². The molecule has 5 saturated carbocycles. The Morgan fingerprint density at radius 1 is 0.531 bits per heavy atom. The average molecular weight is 445 g/mol. The Hall–Kier alpha value is -0.0800. The van der Waals surface area contributed by atoms with Crippen LogP contribution in [-0.4, -0.2) is 22.4 Å². The molecule has 2 heteroatoms. The normalized spacial score (nSPS) is 58.7. The van der Waals surface area contributed by atoms with Crippen molar-refractivity contribution in [2.24, 2.45) is 56.2 Å². The van der Waals surface area contributed by atoms with E-state index in [1.807, 2.05) is 0 Å². The molecule has 0 bridgehead atoms. The number of fused-ring (bicyclic) bond motifs is 7. The first-order valence-electron chi connectivity index (χ1n) is 14.0. The standard InChI is InChI=1S/C30H52O2/c1-25(2)17-20-19-9-10-22-28(6)13-12-23(31)26(3,4)21(28)11-14-30(22,8)29(19,7)16-15-27(20,5)24(32)18-25/h19-24,31-32H,9-18H2,1-8H3/t19-,20-,21?,22-,23?,24?,27-,28+,29-,30-/m1/s1. The Morgan fingerprint density at radius 2 is 1.22 bits per heavy atom. The first kappa shape index (κ1) is 23.7. The number of rotatable bonds is 0. The maximum absolute atomic E-state index is 11.3. The molecule has 0 radical (unpaired) electrons. The summed E-state index contributed by atoms with van der Waals surface area (Å²) in [6.07, 6.45) is 12.0. The minimum atomic E-state index is -0.141. The molecule has 32 heavy (non-hydrogen) atoms. The Labute approximate surface area is 198 Å². The lowest BCUT2D eigenvalue weighted by Gasteiger charge is -2.74. The Kier molecular flexibility index (Phi) is 5.01. The summed E-state index contributed by atoms with van der Waals surface area (Å²) in [7, 11) is 0. The van der Waals surface area contributed by atoms with Crippen molar-refractivity contribution in [1.82, 2.24) is 0 Å². The Bertz CT molecular complexity index is 771. The van der Waals surface area contributed by atoms with Crippen LogP contribution in [-0.2, 0) is 0 Å². The van der Waals surface area contributed by atoms with Crippen molar-refractivity contribution in [2.45, 2.75) is 132 Å². The molecular weight excluding hydrogens is 392 g/mol. The lowest BCUT2D eigenvalue weighted by atomic mass is 9.31. The molecule has 5 aliphatic rings. The van der Waals surface area contributed by atoms with Crippen LogP contribution in [0.25, 0.3) is 0 Å². The predicted octanol–water partition coefficient (Wildman–Crippen LogP) is 7.22. The third-order valence-corrected chi connectivity index (χ3v) is 13.7. The fourth-order valence-electron chi connectivity index (χ4n) is 11.5. The molecule has 5 rings (SSSR count). The van der Waals surface area contributed by atoms with Crippen molar-refractivity contribution in [2.75, 3.05) is 0 Å². The summed E-state index contributed by atoms with van der Waals surface area (Å²) < 4.78 is 0. The van der Waals surface area contributed by atoms with Crippen molar-refractivity contribution in [3.8, 4) is 0 Å². The quantitative estimate of drug-likeness (QED) is 0.414. The first-order valence-corrected chi connectivity index (χ1v) is 14.0. The van der Waals surface area contributed by atoms with E-state index in [9.17, 15) is 10.2 Å². The molecule has 10 atom stereocenters. The highest BCUT2D eigenvalue weighted by Crippen LogP contribution is 2.76. The van der Waals surface area contributed by atoms with E-state index in [4.69, 9.17) is 0 Å². The molecule has 0 spiro atoms. The number of aliphatic hydroxyl groups is 2. The zero-order valence-electron chi connectivity index (χ0n) is 22.4. The summed E-state index contributed by atoms with van der Waals surface area (Å²) in [5, 5.41) is 22.2. The van der Waals surface area contributed by atoms with Crippen LogP contribution in [0, 0.1) is 56.2 Å². The van der Waals surface area contributed by atoms with Gasteiger partial charge in [0.15, 0.2) is 0 Å². The second-order valence-electron chi connectivity index (χ2n) is 15.7. The summed E-state index contributed by atoms with van der Waals surface area (Å²) in [4.78, 5) is 0. The lowest BCUT2D eigenvalue weighted by molar-refractivity contribution is -0.262. The average Bonchev–Trinajstić information content (AvgIpc) is 2.67. The van der Waals surface area contributed by atoms with Crippen LogP contribution in [0.4, 0.5) is 0 Å². The largest absolute Gasteiger partial charge is 0.393 e. The fourth-order valence-corrected chi connectivity index (χ4v) is 11.5. The molecule has 0 aliphatic heterocycles. The lowest BCUT2D eigenvalue weighted by Crippen LogP contribution is -2.68. The van der Waals surface area contributed by atoms with Gasteiger partial charge in [0.1, 0.15) is 0 Å². The molecular formula is C30H52O2. The van der Waals surface area contributed by atoms with Crippen LogP contribution < -0.4 is 0 Å². The van der Waals surface area contributed by atoms with E-state index in [0.29, 0.717) is 28.1 Å². The van der Waals surface area contributed by atoms with E-state index >= 15 is 0 Å². The Balaban J connectivity index is 1.53. The Morgan fingerprint density at radius 3 is 1.91 bits per heavy atom. The van der Waals surface area contributed by atoms with Crippen LogP contribution in [0.5, 0.6) is 0 Å². The van der Waals surface area contributed by atoms with Gasteiger partial charge in [-0.25, -0.2) is 0 Å². The maximum atomic E-state index is 11.3. The van der Waals surface area contributed by atoms with Crippen molar-refractivity contribution < 1.29 is 10.2 Å². The number of hydrogen-bond donors (Lipinski definition) is 2. The van der Waals surface area contributed by atoms with Gasteiger partial charge in [0, 0.05) is 0 Å². The minimum absolute atomic E-state index is 0.0364. The zero-order valence-corrected chi connectivity index (χ0v) is 22.4. The molecule has 5 fully saturated rings. The third-order valence-electron chi connectivity index (χ3n) is 13.7. The van der Waals surface area contributed by atoms with E-state index in [1.165, 1.54) is 51.4 Å². The minimum Gasteiger partial charge on any atom is -0.393 e. The summed E-state index contributed by atoms with van der Waals surface area (Å²) >= 11 is 0. The molecule has 184 valence electrons. The number of aliphatic hydroxyl groups excluding tert-OH is 2. The molecule has 3 unspecified atom stereocenters. The van der Waals surface area contributed by atoms with Crippen LogP contribution in [0.15, 0.2) is 0 Å². The van der Waals surface area contributed by atoms with Gasteiger partial charge in [0.2, 0.25) is 0 Å². The molecule has 5 aliphatic carbocycles. The van der Waals surface area contributed by atoms with E-state index in [-0.39, 0.29) is 28.5 Å². The van der Waals surface area contributed by atoms with Gasteiger partial charge < -0.3 is 10.2 Å². The molecule has 0 amide bonds. The molecule has 2 N–H and O–H groups in total. The SMILES string of the molecule is CC1(C)CC(O)[C@]2(C)CC[C@]3(C)[C@H](CC[C@@H]4[C@@]5(C)CCC(O)C(C)(C)C5CC[C@]43C)[C@H]2C1. The van der Waals surface area contributed by atoms with Gasteiger partial charge in [0.25, 0.3) is 0 Å². The number of hydrogen-bond acceptors (Lipinski definition) is 2. The van der Waals surface area contributed by atoms with Gasteiger partial charge in [-0.3, -0.25) is 0 Å². The van der Waals surface area contributed by atoms with Crippen molar-refractivity contribution >= 4 is 0 Å². The van der Waals surface area contributed by atoms with Gasteiger partial charge >= 0.3 is 0 Å². The van der Waals surface area contributed by atoms with Gasteiger partial charge in [-0.1, -0.05) is 55.4 Å². The molecule has 0 aromatic heterocycles. The van der Waals surface area contributed by atoms with E-state index < -0.39 is 0 Å².